The summed E-state index contributed by atoms with van der Waals surface area (Å²) < 4.78 is 11.6. The summed E-state index contributed by atoms with van der Waals surface area (Å²) in [4.78, 5) is 25.2. The number of hydrogen-bond acceptors (Lipinski definition) is 5. The van der Waals surface area contributed by atoms with Gasteiger partial charge in [-0.3, -0.25) is 4.79 Å². The third-order valence-electron chi connectivity index (χ3n) is 5.08. The van der Waals surface area contributed by atoms with Crippen molar-refractivity contribution in [2.45, 2.75) is 59.5 Å². The number of hydrogen-bond donors (Lipinski definition) is 1. The molecule has 0 saturated heterocycles. The van der Waals surface area contributed by atoms with Gasteiger partial charge in [0.05, 0.1) is 10.9 Å². The van der Waals surface area contributed by atoms with Gasteiger partial charge in [0.25, 0.3) is 0 Å². The Balaban J connectivity index is 2.49. The second-order valence-corrected chi connectivity index (χ2v) is 7.72. The summed E-state index contributed by atoms with van der Waals surface area (Å²) in [6.45, 7) is 9.54. The molecule has 0 aliphatic carbocycles. The largest absolute Gasteiger partial charge is 0.506 e. The highest BCUT2D eigenvalue weighted by Crippen LogP contribution is 2.46. The summed E-state index contributed by atoms with van der Waals surface area (Å²) in [7, 11) is 0. The van der Waals surface area contributed by atoms with Crippen LogP contribution in [0.15, 0.2) is 21.4 Å². The molecule has 2 heterocycles. The minimum atomic E-state index is -0.575. The molecule has 0 bridgehead atoms. The maximum Gasteiger partial charge on any atom is 0.336 e. The summed E-state index contributed by atoms with van der Waals surface area (Å²) in [5.74, 6) is -0.269. The number of ketones is 1. The predicted molar refractivity (Wildman–Crippen MR) is 106 cm³/mol. The van der Waals surface area contributed by atoms with Gasteiger partial charge in [-0.1, -0.05) is 27.2 Å². The molecular weight excluding hydrogens is 344 g/mol. The van der Waals surface area contributed by atoms with Crippen LogP contribution in [0, 0.1) is 5.92 Å². The zero-order valence-corrected chi connectivity index (χ0v) is 16.5. The van der Waals surface area contributed by atoms with Crippen molar-refractivity contribution in [1.82, 2.24) is 0 Å². The molecule has 1 aliphatic rings. The Morgan fingerprint density at radius 1 is 1.30 bits per heavy atom. The number of carbonyl (C=O) groups excluding carboxylic acids is 1. The zero-order chi connectivity index (χ0) is 19.9. The van der Waals surface area contributed by atoms with E-state index >= 15 is 0 Å². The van der Waals surface area contributed by atoms with E-state index < -0.39 is 11.2 Å². The highest BCUT2D eigenvalue weighted by atomic mass is 16.5. The Hall–Kier alpha value is -2.56. The van der Waals surface area contributed by atoms with Crippen molar-refractivity contribution in [1.29, 1.82) is 0 Å². The van der Waals surface area contributed by atoms with Gasteiger partial charge in [0.2, 0.25) is 0 Å². The highest BCUT2D eigenvalue weighted by molar-refractivity contribution is 6.13. The van der Waals surface area contributed by atoms with Crippen LogP contribution in [0.4, 0.5) is 0 Å². The van der Waals surface area contributed by atoms with Gasteiger partial charge in [0.1, 0.15) is 22.7 Å². The molecule has 1 N–H and O–H groups in total. The SMILES string of the molecule is CCCc1cc(=O)oc2c(C(=O)C(C)CC)c(O)c3c(c12)OC(C)(C)C=C3. The van der Waals surface area contributed by atoms with Gasteiger partial charge in [0.15, 0.2) is 11.4 Å². The second kappa shape index (κ2) is 6.87. The van der Waals surface area contributed by atoms with Crippen LogP contribution in [0.3, 0.4) is 0 Å². The fourth-order valence-corrected chi connectivity index (χ4v) is 3.42. The molecule has 0 fully saturated rings. The number of fused-ring (bicyclic) bond motifs is 3. The molecule has 1 aromatic heterocycles. The Bertz CT molecular complexity index is 994. The van der Waals surface area contributed by atoms with Gasteiger partial charge in [-0.2, -0.15) is 0 Å². The van der Waals surface area contributed by atoms with Crippen LogP contribution in [0.25, 0.3) is 17.0 Å². The van der Waals surface area contributed by atoms with Crippen molar-refractivity contribution in [3.63, 3.8) is 0 Å². The Morgan fingerprint density at radius 2 is 2.00 bits per heavy atom. The first-order chi connectivity index (χ1) is 12.7. The van der Waals surface area contributed by atoms with Gasteiger partial charge < -0.3 is 14.3 Å². The average Bonchev–Trinajstić information content (AvgIpc) is 2.59. The van der Waals surface area contributed by atoms with E-state index in [0.717, 1.165) is 12.0 Å². The molecule has 1 aromatic carbocycles. The molecule has 144 valence electrons. The third-order valence-corrected chi connectivity index (χ3v) is 5.08. The molecule has 1 atom stereocenters. The molecule has 1 aliphatic heterocycles. The first kappa shape index (κ1) is 19.2. The Labute approximate surface area is 158 Å². The molecule has 5 heteroatoms. The first-order valence-electron chi connectivity index (χ1n) is 9.48. The topological polar surface area (TPSA) is 76.7 Å². The van der Waals surface area contributed by atoms with Crippen LogP contribution in [-0.2, 0) is 6.42 Å². The normalized spacial score (nSPS) is 16.0. The molecule has 0 saturated carbocycles. The van der Waals surface area contributed by atoms with Crippen LogP contribution >= 0.6 is 0 Å². The zero-order valence-electron chi connectivity index (χ0n) is 16.5. The quantitative estimate of drug-likeness (QED) is 0.600. The van der Waals surface area contributed by atoms with Crippen molar-refractivity contribution in [2.24, 2.45) is 5.92 Å². The number of phenolic OH excluding ortho intramolecular Hbond substituents is 1. The summed E-state index contributed by atoms with van der Waals surface area (Å²) in [5, 5.41) is 11.5. The summed E-state index contributed by atoms with van der Waals surface area (Å²) >= 11 is 0. The molecule has 1 unspecified atom stereocenters. The Kier molecular flexibility index (Phi) is 4.89. The standard InChI is InChI=1S/C22H26O5/c1-6-8-13-11-15(23)26-21-16(13)20-14(9-10-22(4,5)27-20)19(25)17(21)18(24)12(3)7-2/h9-12,25H,6-8H2,1-5H3. The van der Waals surface area contributed by atoms with Crippen molar-refractivity contribution in [3.8, 4) is 11.5 Å². The highest BCUT2D eigenvalue weighted by Gasteiger charge is 2.33. The van der Waals surface area contributed by atoms with Crippen LogP contribution < -0.4 is 10.4 Å². The summed E-state index contributed by atoms with van der Waals surface area (Å²) in [5.41, 5.74) is 0.312. The minimum Gasteiger partial charge on any atom is -0.506 e. The number of benzene rings is 1. The Morgan fingerprint density at radius 3 is 2.63 bits per heavy atom. The number of aromatic hydroxyl groups is 1. The maximum atomic E-state index is 13.0. The smallest absolute Gasteiger partial charge is 0.336 e. The lowest BCUT2D eigenvalue weighted by Crippen LogP contribution is -2.28. The summed E-state index contributed by atoms with van der Waals surface area (Å²) in [6, 6.07) is 1.45. The molecule has 0 amide bonds. The average molecular weight is 370 g/mol. The number of ether oxygens (including phenoxy) is 1. The van der Waals surface area contributed by atoms with E-state index in [1.807, 2.05) is 33.8 Å². The van der Waals surface area contributed by atoms with Crippen LogP contribution in [0.5, 0.6) is 11.5 Å². The lowest BCUT2D eigenvalue weighted by Gasteiger charge is -2.30. The monoisotopic (exact) mass is 370 g/mol. The molecule has 5 nitrogen and oxygen atoms in total. The molecular formula is C22H26O5. The molecule has 3 rings (SSSR count). The third kappa shape index (κ3) is 3.27. The first-order valence-corrected chi connectivity index (χ1v) is 9.48. The fourth-order valence-electron chi connectivity index (χ4n) is 3.42. The van der Waals surface area contributed by atoms with Crippen molar-refractivity contribution in [2.75, 3.05) is 0 Å². The predicted octanol–water partition coefficient (Wildman–Crippen LogP) is 4.86. The van der Waals surface area contributed by atoms with E-state index in [2.05, 4.69) is 0 Å². The van der Waals surface area contributed by atoms with Crippen LogP contribution in [0.2, 0.25) is 0 Å². The fraction of sp³-hybridized carbons (Fsp3) is 0.455. The number of phenols is 1. The number of rotatable bonds is 5. The lowest BCUT2D eigenvalue weighted by atomic mass is 9.89. The van der Waals surface area contributed by atoms with Crippen molar-refractivity contribution < 1.29 is 19.1 Å². The van der Waals surface area contributed by atoms with Gasteiger partial charge in [-0.25, -0.2) is 4.79 Å². The van der Waals surface area contributed by atoms with Gasteiger partial charge >= 0.3 is 5.63 Å². The maximum absolute atomic E-state index is 13.0. The van der Waals surface area contributed by atoms with E-state index in [4.69, 9.17) is 9.15 Å². The van der Waals surface area contributed by atoms with Gasteiger partial charge in [-0.05, 0) is 44.4 Å². The van der Waals surface area contributed by atoms with E-state index in [1.54, 1.807) is 13.0 Å². The lowest BCUT2D eigenvalue weighted by molar-refractivity contribution is 0.0925. The number of carbonyl (C=O) groups is 1. The summed E-state index contributed by atoms with van der Waals surface area (Å²) in [6.07, 6.45) is 5.71. The van der Waals surface area contributed by atoms with Crippen molar-refractivity contribution in [3.05, 3.63) is 39.3 Å². The van der Waals surface area contributed by atoms with Crippen LogP contribution in [0.1, 0.15) is 68.9 Å². The van der Waals surface area contributed by atoms with Gasteiger partial charge in [0, 0.05) is 12.0 Å². The number of aryl methyl sites for hydroxylation is 1. The molecule has 0 spiro atoms. The van der Waals surface area contributed by atoms with E-state index in [0.29, 0.717) is 29.5 Å². The van der Waals surface area contributed by atoms with E-state index in [-0.39, 0.29) is 28.6 Å². The molecule has 0 radical (unpaired) electrons. The minimum absolute atomic E-state index is 0.0705. The van der Waals surface area contributed by atoms with Crippen LogP contribution in [-0.4, -0.2) is 16.5 Å². The van der Waals surface area contributed by atoms with E-state index in [1.165, 1.54) is 6.07 Å². The van der Waals surface area contributed by atoms with Crippen molar-refractivity contribution >= 4 is 22.8 Å². The molecule has 2 aromatic rings. The van der Waals surface area contributed by atoms with E-state index in [9.17, 15) is 14.7 Å². The molecule has 27 heavy (non-hydrogen) atoms. The number of Topliss-reactive ketones (excluding diaryl/α,β-unsaturated/α-hetero) is 1. The second-order valence-electron chi connectivity index (χ2n) is 7.72. The van der Waals surface area contributed by atoms with Gasteiger partial charge in [-0.15, -0.1) is 0 Å².